The summed E-state index contributed by atoms with van der Waals surface area (Å²) in [6.07, 6.45) is 4.03. The van der Waals surface area contributed by atoms with Gasteiger partial charge in [0.05, 0.1) is 5.52 Å². The molecule has 3 heteroatoms. The minimum Gasteiger partial charge on any atom is -0.312 e. The molecule has 0 radical (unpaired) electrons. The van der Waals surface area contributed by atoms with Crippen molar-refractivity contribution in [3.8, 4) is 0 Å². The van der Waals surface area contributed by atoms with Gasteiger partial charge in [0.25, 0.3) is 0 Å². The van der Waals surface area contributed by atoms with Crippen LogP contribution in [0.4, 0.5) is 0 Å². The normalized spacial score (nSPS) is 12.8. The Hall–Kier alpha value is -1.06. The molecule has 2 aromatic rings. The van der Waals surface area contributed by atoms with Gasteiger partial charge in [-0.05, 0) is 24.0 Å². The Morgan fingerprint density at radius 2 is 2.12 bits per heavy atom. The van der Waals surface area contributed by atoms with Crippen molar-refractivity contribution in [3.05, 3.63) is 42.1 Å². The third-order valence-electron chi connectivity index (χ3n) is 2.89. The van der Waals surface area contributed by atoms with Crippen LogP contribution in [0.15, 0.2) is 36.5 Å². The highest BCUT2D eigenvalue weighted by Crippen LogP contribution is 2.15. The van der Waals surface area contributed by atoms with Crippen LogP contribution in [0.2, 0.25) is 0 Å². The van der Waals surface area contributed by atoms with E-state index >= 15 is 0 Å². The Morgan fingerprint density at radius 1 is 1.29 bits per heavy atom. The highest BCUT2D eigenvalue weighted by Gasteiger charge is 2.02. The second-order valence-electron chi connectivity index (χ2n) is 4.16. The van der Waals surface area contributed by atoms with Gasteiger partial charge in [-0.2, -0.15) is 11.8 Å². The van der Waals surface area contributed by atoms with Crippen molar-refractivity contribution in [3.63, 3.8) is 0 Å². The number of thioether (sulfide) groups is 1. The predicted molar refractivity (Wildman–Crippen MR) is 76.4 cm³/mol. The molecule has 0 bridgehead atoms. The van der Waals surface area contributed by atoms with Gasteiger partial charge in [-0.1, -0.05) is 25.1 Å². The number of nitrogens with zero attached hydrogens (tertiary/aromatic N) is 1. The third kappa shape index (κ3) is 3.20. The smallest absolute Gasteiger partial charge is 0.0705 e. The molecule has 0 aliphatic heterocycles. The number of aromatic nitrogens is 1. The second kappa shape index (κ2) is 6.03. The molecule has 0 aliphatic rings. The summed E-state index contributed by atoms with van der Waals surface area (Å²) in [6.45, 7) is 4.19. The maximum Gasteiger partial charge on any atom is 0.0705 e. The van der Waals surface area contributed by atoms with Crippen LogP contribution >= 0.6 is 11.8 Å². The molecule has 1 aromatic carbocycles. The maximum absolute atomic E-state index is 4.37. The molecular formula is C14H18N2S. The summed E-state index contributed by atoms with van der Waals surface area (Å²) in [4.78, 5) is 4.37. The van der Waals surface area contributed by atoms with E-state index in [1.807, 2.05) is 24.0 Å². The molecule has 90 valence electrons. The number of hydrogen-bond acceptors (Lipinski definition) is 3. The zero-order valence-electron chi connectivity index (χ0n) is 10.3. The number of pyridine rings is 1. The highest BCUT2D eigenvalue weighted by molar-refractivity contribution is 7.99. The summed E-state index contributed by atoms with van der Waals surface area (Å²) in [7, 11) is 0. The van der Waals surface area contributed by atoms with Gasteiger partial charge in [-0.25, -0.2) is 0 Å². The zero-order valence-corrected chi connectivity index (χ0v) is 11.1. The number of fused-ring (bicyclic) bond motifs is 1. The van der Waals surface area contributed by atoms with E-state index in [9.17, 15) is 0 Å². The molecule has 2 nitrogen and oxygen atoms in total. The van der Waals surface area contributed by atoms with Crippen LogP contribution in [0, 0.1) is 0 Å². The first-order valence-corrected chi connectivity index (χ1v) is 7.16. The molecule has 17 heavy (non-hydrogen) atoms. The summed E-state index contributed by atoms with van der Waals surface area (Å²) in [5.74, 6) is 0. The number of rotatable bonds is 5. The average molecular weight is 246 g/mol. The van der Waals surface area contributed by atoms with E-state index in [0.29, 0.717) is 5.25 Å². The lowest BCUT2D eigenvalue weighted by Crippen LogP contribution is -2.22. The molecule has 0 amide bonds. The number of hydrogen-bond donors (Lipinski definition) is 1. The van der Waals surface area contributed by atoms with Crippen LogP contribution in [0.1, 0.15) is 12.5 Å². The molecule has 0 saturated heterocycles. The lowest BCUT2D eigenvalue weighted by Gasteiger charge is -2.11. The summed E-state index contributed by atoms with van der Waals surface area (Å²) < 4.78 is 0. The van der Waals surface area contributed by atoms with Crippen LogP contribution in [-0.4, -0.2) is 23.0 Å². The number of benzene rings is 1. The topological polar surface area (TPSA) is 24.9 Å². The van der Waals surface area contributed by atoms with Gasteiger partial charge >= 0.3 is 0 Å². The maximum atomic E-state index is 4.37. The minimum atomic E-state index is 0.656. The second-order valence-corrected chi connectivity index (χ2v) is 5.44. The number of nitrogens with one attached hydrogen (secondary N) is 1. The molecule has 0 spiro atoms. The van der Waals surface area contributed by atoms with Crippen molar-refractivity contribution in [1.82, 2.24) is 10.3 Å². The van der Waals surface area contributed by atoms with E-state index in [2.05, 4.69) is 47.7 Å². The summed E-state index contributed by atoms with van der Waals surface area (Å²) in [6, 6.07) is 10.4. The first-order chi connectivity index (χ1) is 8.31. The molecule has 1 unspecified atom stereocenters. The van der Waals surface area contributed by atoms with Crippen molar-refractivity contribution < 1.29 is 0 Å². The quantitative estimate of drug-likeness (QED) is 0.877. The monoisotopic (exact) mass is 246 g/mol. The number of para-hydroxylation sites is 1. The third-order valence-corrected chi connectivity index (χ3v) is 3.86. The molecule has 1 atom stereocenters. The van der Waals surface area contributed by atoms with E-state index in [4.69, 9.17) is 0 Å². The summed E-state index contributed by atoms with van der Waals surface area (Å²) in [5, 5.41) is 5.40. The highest BCUT2D eigenvalue weighted by atomic mass is 32.2. The van der Waals surface area contributed by atoms with Crippen molar-refractivity contribution in [2.45, 2.75) is 18.7 Å². The minimum absolute atomic E-state index is 0.656. The van der Waals surface area contributed by atoms with Crippen LogP contribution in [0.3, 0.4) is 0 Å². The fraction of sp³-hybridized carbons (Fsp3) is 0.357. The Kier molecular flexibility index (Phi) is 4.40. The standard InChI is InChI=1S/C14H18N2S/c1-11(17-2)9-15-10-12-7-8-16-14-6-4-3-5-13(12)14/h3-8,11,15H,9-10H2,1-2H3. The van der Waals surface area contributed by atoms with Gasteiger partial charge in [0, 0.05) is 29.9 Å². The zero-order chi connectivity index (χ0) is 12.1. The Morgan fingerprint density at radius 3 is 2.94 bits per heavy atom. The summed E-state index contributed by atoms with van der Waals surface area (Å²) in [5.41, 5.74) is 2.40. The Bertz CT molecular complexity index is 479. The Labute approximate surface area is 107 Å². The first kappa shape index (κ1) is 12.4. The van der Waals surface area contributed by atoms with Gasteiger partial charge in [0.1, 0.15) is 0 Å². The van der Waals surface area contributed by atoms with Crippen molar-refractivity contribution in [1.29, 1.82) is 0 Å². The molecule has 1 aromatic heterocycles. The van der Waals surface area contributed by atoms with E-state index in [0.717, 1.165) is 18.6 Å². The van der Waals surface area contributed by atoms with E-state index in [-0.39, 0.29) is 0 Å². The SMILES string of the molecule is CSC(C)CNCc1ccnc2ccccc12. The van der Waals surface area contributed by atoms with Crippen molar-refractivity contribution in [2.24, 2.45) is 0 Å². The van der Waals surface area contributed by atoms with Crippen LogP contribution in [0.5, 0.6) is 0 Å². The predicted octanol–water partition coefficient (Wildman–Crippen LogP) is 3.08. The molecule has 1 heterocycles. The first-order valence-electron chi connectivity index (χ1n) is 5.87. The molecule has 0 aliphatic carbocycles. The van der Waals surface area contributed by atoms with Gasteiger partial charge in [-0.3, -0.25) is 4.98 Å². The molecular weight excluding hydrogens is 228 g/mol. The van der Waals surface area contributed by atoms with Gasteiger partial charge in [0.15, 0.2) is 0 Å². The largest absolute Gasteiger partial charge is 0.312 e. The van der Waals surface area contributed by atoms with E-state index in [1.54, 1.807) is 0 Å². The summed E-state index contributed by atoms with van der Waals surface area (Å²) >= 11 is 1.89. The molecule has 1 N–H and O–H groups in total. The molecule has 0 fully saturated rings. The van der Waals surface area contributed by atoms with Crippen LogP contribution in [0.25, 0.3) is 10.9 Å². The van der Waals surface area contributed by atoms with Crippen LogP contribution in [-0.2, 0) is 6.54 Å². The van der Waals surface area contributed by atoms with Crippen molar-refractivity contribution in [2.75, 3.05) is 12.8 Å². The molecule has 0 saturated carbocycles. The van der Waals surface area contributed by atoms with Gasteiger partial charge in [0.2, 0.25) is 0 Å². The lowest BCUT2D eigenvalue weighted by atomic mass is 10.1. The van der Waals surface area contributed by atoms with Gasteiger partial charge in [-0.15, -0.1) is 0 Å². The fourth-order valence-corrected chi connectivity index (χ4v) is 2.09. The fourth-order valence-electron chi connectivity index (χ4n) is 1.80. The van der Waals surface area contributed by atoms with E-state index < -0.39 is 0 Å². The van der Waals surface area contributed by atoms with E-state index in [1.165, 1.54) is 10.9 Å². The molecule has 2 rings (SSSR count). The van der Waals surface area contributed by atoms with Gasteiger partial charge < -0.3 is 5.32 Å². The Balaban J connectivity index is 2.08. The van der Waals surface area contributed by atoms with Crippen molar-refractivity contribution >= 4 is 22.7 Å². The van der Waals surface area contributed by atoms with Crippen LogP contribution < -0.4 is 5.32 Å². The lowest BCUT2D eigenvalue weighted by molar-refractivity contribution is 0.687. The average Bonchev–Trinajstić information content (AvgIpc) is 2.39.